The van der Waals surface area contributed by atoms with Gasteiger partial charge < -0.3 is 20.0 Å². The largest absolute Gasteiger partial charge is 2.00 e. The van der Waals surface area contributed by atoms with Crippen molar-refractivity contribution in [1.82, 2.24) is 0 Å². The van der Waals surface area contributed by atoms with Gasteiger partial charge in [0.15, 0.2) is 0 Å². The average Bonchev–Trinajstić information content (AvgIpc) is 0.811. The standard InChI is InChI=1S/CH2O3.Ca.Na.H2O.H2.3H/c2-1(3)4;;;;;;;/h(H2,2,3,4);;;1H2;1H;;;/q;+2;+1;;;3*-1. The van der Waals surface area contributed by atoms with Crippen LogP contribution in [0, 0.1) is 0 Å². The molecule has 0 heterocycles. The maximum atomic E-state index is 8.56. The van der Waals surface area contributed by atoms with E-state index in [0.29, 0.717) is 0 Å². The Bertz CT molecular complexity index is 45.1. The van der Waals surface area contributed by atoms with E-state index in [1.807, 2.05) is 0 Å². The smallest absolute Gasteiger partial charge is 1.00 e. The molecule has 0 aromatic heterocycles. The summed E-state index contributed by atoms with van der Waals surface area (Å²) in [4.78, 5) is 8.56. The van der Waals surface area contributed by atoms with Gasteiger partial charge in [0.25, 0.3) is 0 Å². The van der Waals surface area contributed by atoms with E-state index < -0.39 is 6.16 Å². The molecule has 7 heavy (non-hydrogen) atoms. The molecule has 0 unspecified atom stereocenters. The molecule has 0 saturated carbocycles. The predicted molar refractivity (Wildman–Crippen MR) is 25.5 cm³/mol. The summed E-state index contributed by atoms with van der Waals surface area (Å²) in [5, 5.41) is 13.9. The molecule has 0 rings (SSSR count). The quantitative estimate of drug-likeness (QED) is 0.351. The molecule has 40 valence electrons. The summed E-state index contributed by atoms with van der Waals surface area (Å²) in [5.41, 5.74) is 0. The third-order valence-corrected chi connectivity index (χ3v) is 0. The number of carbonyl (C=O) groups is 1. The van der Waals surface area contributed by atoms with Crippen LogP contribution in [0.5, 0.6) is 0 Å². The second-order valence-electron chi connectivity index (χ2n) is 0.283. The molecule has 0 aliphatic rings. The fourth-order valence-corrected chi connectivity index (χ4v) is 0. The first kappa shape index (κ1) is 23.6. The maximum Gasteiger partial charge on any atom is 2.00 e. The molecule has 0 saturated heterocycles. The van der Waals surface area contributed by atoms with Gasteiger partial charge in [0.2, 0.25) is 0 Å². The Balaban J connectivity index is -0.00000000214. The normalized spacial score (nSPS) is 3.43. The SMILES string of the molecule is O.O=C(O)O.[Ca+2].[H-].[H-].[H-].[HH].[Na+]. The second-order valence-corrected chi connectivity index (χ2v) is 0.283. The number of hydrogen-bond donors (Lipinski definition) is 2. The van der Waals surface area contributed by atoms with Crippen LogP contribution in [0.2, 0.25) is 0 Å². The molecular formula is CH9CaNaO4. The van der Waals surface area contributed by atoms with Crippen LogP contribution in [-0.2, 0) is 0 Å². The Hall–Kier alpha value is 1.49. The number of hydrogen-bond acceptors (Lipinski definition) is 1. The molecule has 0 spiro atoms. The summed E-state index contributed by atoms with van der Waals surface area (Å²) in [6.45, 7) is 0. The first-order chi connectivity index (χ1) is 1.73. The fourth-order valence-electron chi connectivity index (χ4n) is 0. The molecule has 0 aliphatic carbocycles. The Morgan fingerprint density at radius 1 is 1.57 bits per heavy atom. The van der Waals surface area contributed by atoms with Crippen LogP contribution in [0.4, 0.5) is 4.79 Å². The van der Waals surface area contributed by atoms with Crippen molar-refractivity contribution in [3.8, 4) is 0 Å². The van der Waals surface area contributed by atoms with E-state index in [4.69, 9.17) is 15.0 Å². The Labute approximate surface area is 98.4 Å². The molecule has 0 atom stereocenters. The van der Waals surface area contributed by atoms with Gasteiger partial charge in [-0.05, 0) is 0 Å². The van der Waals surface area contributed by atoms with Crippen molar-refractivity contribution in [3.05, 3.63) is 0 Å². The zero-order valence-corrected chi connectivity index (χ0v) is 8.22. The van der Waals surface area contributed by atoms with E-state index in [9.17, 15) is 0 Å². The molecular weight excluding hydrogens is 139 g/mol. The molecule has 6 heteroatoms. The van der Waals surface area contributed by atoms with Crippen LogP contribution < -0.4 is 29.6 Å². The molecule has 0 aromatic rings. The predicted octanol–water partition coefficient (Wildman–Crippen LogP) is -3.40. The summed E-state index contributed by atoms with van der Waals surface area (Å²) in [6, 6.07) is 0. The first-order valence-electron chi connectivity index (χ1n) is 0.651. The van der Waals surface area contributed by atoms with Gasteiger partial charge in [0.05, 0.1) is 0 Å². The van der Waals surface area contributed by atoms with Gasteiger partial charge in [-0.1, -0.05) is 0 Å². The van der Waals surface area contributed by atoms with Gasteiger partial charge in [-0.25, -0.2) is 4.79 Å². The molecule has 4 nitrogen and oxygen atoms in total. The monoisotopic (exact) mass is 148 g/mol. The first-order valence-corrected chi connectivity index (χ1v) is 0.651. The zero-order chi connectivity index (χ0) is 3.58. The molecule has 4 N–H and O–H groups in total. The molecule has 0 fully saturated rings. The number of carboxylic acid groups (broad SMARTS) is 2. The molecule has 0 aliphatic heterocycles. The van der Waals surface area contributed by atoms with Gasteiger partial charge >= 0.3 is 73.5 Å². The Morgan fingerprint density at radius 2 is 1.57 bits per heavy atom. The van der Waals surface area contributed by atoms with Crippen molar-refractivity contribution in [2.75, 3.05) is 0 Å². The molecule has 0 radical (unpaired) electrons. The molecule has 0 amide bonds. The van der Waals surface area contributed by atoms with E-state index in [1.165, 1.54) is 0 Å². The van der Waals surface area contributed by atoms with Crippen molar-refractivity contribution in [1.29, 1.82) is 0 Å². The average molecular weight is 148 g/mol. The fraction of sp³-hybridized carbons (Fsp3) is 0. The van der Waals surface area contributed by atoms with E-state index in [1.54, 1.807) is 0 Å². The Morgan fingerprint density at radius 3 is 1.57 bits per heavy atom. The Kier molecular flexibility index (Phi) is 52.8. The van der Waals surface area contributed by atoms with Gasteiger partial charge in [0.1, 0.15) is 0 Å². The van der Waals surface area contributed by atoms with Crippen molar-refractivity contribution in [2.24, 2.45) is 0 Å². The summed E-state index contributed by atoms with van der Waals surface area (Å²) >= 11 is 0. The van der Waals surface area contributed by atoms with Crippen LogP contribution in [0.15, 0.2) is 0 Å². The minimum atomic E-state index is -1.83. The number of rotatable bonds is 0. The van der Waals surface area contributed by atoms with E-state index in [2.05, 4.69) is 0 Å². The summed E-state index contributed by atoms with van der Waals surface area (Å²) < 4.78 is 0. The van der Waals surface area contributed by atoms with Crippen molar-refractivity contribution in [3.63, 3.8) is 0 Å². The topological polar surface area (TPSA) is 89.0 Å². The van der Waals surface area contributed by atoms with Crippen molar-refractivity contribution < 1.29 is 55.7 Å². The minimum absolute atomic E-state index is 0. The van der Waals surface area contributed by atoms with Crippen molar-refractivity contribution >= 4 is 43.9 Å². The van der Waals surface area contributed by atoms with Gasteiger partial charge in [0, 0.05) is 1.43 Å². The van der Waals surface area contributed by atoms with Gasteiger partial charge in [-0.3, -0.25) is 0 Å². The molecule has 0 aromatic carbocycles. The zero-order valence-electron chi connectivity index (χ0n) is 7.01. The van der Waals surface area contributed by atoms with Crippen LogP contribution in [0.25, 0.3) is 0 Å². The summed E-state index contributed by atoms with van der Waals surface area (Å²) in [7, 11) is 0. The maximum absolute atomic E-state index is 8.56. The van der Waals surface area contributed by atoms with Gasteiger partial charge in [-0.15, -0.1) is 0 Å². The second kappa shape index (κ2) is 15.6. The van der Waals surface area contributed by atoms with E-state index in [-0.39, 0.29) is 78.5 Å². The summed E-state index contributed by atoms with van der Waals surface area (Å²) in [5.74, 6) is 0. The van der Waals surface area contributed by atoms with Crippen molar-refractivity contribution in [2.45, 2.75) is 0 Å². The third kappa shape index (κ3) is 102. The van der Waals surface area contributed by atoms with Gasteiger partial charge in [-0.2, -0.15) is 0 Å². The van der Waals surface area contributed by atoms with E-state index >= 15 is 0 Å². The van der Waals surface area contributed by atoms with Crippen LogP contribution in [0.1, 0.15) is 5.71 Å². The third-order valence-electron chi connectivity index (χ3n) is 0. The minimum Gasteiger partial charge on any atom is -1.00 e. The summed E-state index contributed by atoms with van der Waals surface area (Å²) in [6.07, 6.45) is -1.83. The van der Waals surface area contributed by atoms with Crippen LogP contribution in [0.3, 0.4) is 0 Å². The van der Waals surface area contributed by atoms with Crippen LogP contribution in [-0.4, -0.2) is 59.6 Å². The van der Waals surface area contributed by atoms with Crippen LogP contribution >= 0.6 is 0 Å². The molecule has 0 bridgehead atoms. The van der Waals surface area contributed by atoms with E-state index in [0.717, 1.165) is 0 Å².